The van der Waals surface area contributed by atoms with Crippen LogP contribution in [0.5, 0.6) is 0 Å². The molecule has 144 valence electrons. The number of carbonyl (C=O) groups excluding carboxylic acids is 1. The minimum absolute atomic E-state index is 0.0678. The van der Waals surface area contributed by atoms with Gasteiger partial charge in [0.2, 0.25) is 0 Å². The number of hydrogen-bond acceptors (Lipinski definition) is 6. The normalized spacial score (nSPS) is 14.5. The molecule has 0 amide bonds. The molecular formula is C20H25FN4O2. The highest BCUT2D eigenvalue weighted by atomic mass is 19.1. The summed E-state index contributed by atoms with van der Waals surface area (Å²) in [6.07, 6.45) is 7.49. The minimum atomic E-state index is -0.656. The van der Waals surface area contributed by atoms with Crippen LogP contribution < -0.4 is 10.6 Å². The van der Waals surface area contributed by atoms with Crippen molar-refractivity contribution in [2.75, 3.05) is 19.0 Å². The van der Waals surface area contributed by atoms with Gasteiger partial charge in [0.15, 0.2) is 0 Å². The predicted octanol–water partition coefficient (Wildman–Crippen LogP) is 3.87. The van der Waals surface area contributed by atoms with Crippen molar-refractivity contribution in [1.82, 2.24) is 5.32 Å². The van der Waals surface area contributed by atoms with E-state index in [4.69, 9.17) is 15.6 Å². The first-order valence-corrected chi connectivity index (χ1v) is 8.76. The zero-order chi connectivity index (χ0) is 19.8. The molecule has 1 aliphatic rings. The van der Waals surface area contributed by atoms with Crippen LogP contribution in [0, 0.1) is 22.6 Å². The Balaban J connectivity index is 2.20. The zero-order valence-electron chi connectivity index (χ0n) is 15.6. The summed E-state index contributed by atoms with van der Waals surface area (Å²) < 4.78 is 18.2. The third kappa shape index (κ3) is 6.69. The Kier molecular flexibility index (Phi) is 7.28. The van der Waals surface area contributed by atoms with E-state index in [1.807, 2.05) is 0 Å². The van der Waals surface area contributed by atoms with Gasteiger partial charge >= 0.3 is 5.97 Å². The van der Waals surface area contributed by atoms with Gasteiger partial charge in [-0.05, 0) is 55.5 Å². The molecule has 0 heterocycles. The molecule has 0 radical (unpaired) electrons. The van der Waals surface area contributed by atoms with Crippen LogP contribution >= 0.6 is 0 Å². The van der Waals surface area contributed by atoms with Gasteiger partial charge in [0.1, 0.15) is 5.82 Å². The summed E-state index contributed by atoms with van der Waals surface area (Å²) >= 11 is 0. The molecule has 4 N–H and O–H groups in total. The Bertz CT molecular complexity index is 782. The lowest BCUT2D eigenvalue weighted by molar-refractivity contribution is 0.0601. The lowest BCUT2D eigenvalue weighted by atomic mass is 10.1. The molecule has 0 spiro atoms. The smallest absolute Gasteiger partial charge is 0.340 e. The molecule has 1 saturated carbocycles. The van der Waals surface area contributed by atoms with E-state index in [0.29, 0.717) is 29.4 Å². The number of esters is 1. The third-order valence-electron chi connectivity index (χ3n) is 4.04. The van der Waals surface area contributed by atoms with Gasteiger partial charge in [0.25, 0.3) is 0 Å². The number of rotatable bonds is 10. The van der Waals surface area contributed by atoms with E-state index in [2.05, 4.69) is 10.6 Å². The quantitative estimate of drug-likeness (QED) is 0.370. The van der Waals surface area contributed by atoms with E-state index in [1.54, 1.807) is 19.2 Å². The van der Waals surface area contributed by atoms with E-state index in [1.165, 1.54) is 38.3 Å². The van der Waals surface area contributed by atoms with E-state index in [9.17, 15) is 9.18 Å². The summed E-state index contributed by atoms with van der Waals surface area (Å²) in [6, 6.07) is 3.80. The average Bonchev–Trinajstić information content (AvgIpc) is 3.45. The van der Waals surface area contributed by atoms with Crippen molar-refractivity contribution >= 4 is 23.6 Å². The second kappa shape index (κ2) is 9.66. The fourth-order valence-corrected chi connectivity index (χ4v) is 2.51. The number of ether oxygens (including phenoxy) is 1. The summed E-state index contributed by atoms with van der Waals surface area (Å²) in [4.78, 5) is 11.9. The van der Waals surface area contributed by atoms with Crippen molar-refractivity contribution in [2.24, 2.45) is 5.92 Å². The van der Waals surface area contributed by atoms with Crippen molar-refractivity contribution in [1.29, 1.82) is 10.8 Å². The van der Waals surface area contributed by atoms with Crippen LogP contribution in [0.2, 0.25) is 0 Å². The first-order valence-electron chi connectivity index (χ1n) is 8.76. The number of nitrogens with one attached hydrogen (secondary N) is 4. The molecule has 0 atom stereocenters. The van der Waals surface area contributed by atoms with Crippen LogP contribution in [-0.2, 0) is 4.74 Å². The summed E-state index contributed by atoms with van der Waals surface area (Å²) in [7, 11) is 1.23. The first-order chi connectivity index (χ1) is 12.9. The molecule has 0 aromatic heterocycles. The van der Waals surface area contributed by atoms with Gasteiger partial charge in [-0.3, -0.25) is 0 Å². The van der Waals surface area contributed by atoms with Gasteiger partial charge < -0.3 is 26.2 Å². The number of allylic oxidation sites excluding steroid dienone is 2. The maximum absolute atomic E-state index is 13.5. The number of hydrogen-bond donors (Lipinski definition) is 4. The van der Waals surface area contributed by atoms with Crippen LogP contribution in [0.15, 0.2) is 41.7 Å². The average molecular weight is 372 g/mol. The zero-order valence-corrected chi connectivity index (χ0v) is 15.6. The molecule has 27 heavy (non-hydrogen) atoms. The standard InChI is InChI=1S/C20H25FN4O2/c1-13(23)7-17(8-15(10-22)12-24-11-14-3-4-14)25-19-6-5-16(21)9-18(19)20(26)27-2/h5-7,9-10,12,14,22-25H,3-4,8,11H2,1-2H3/b15-12-,17-7-,22-10?,23-13?. The summed E-state index contributed by atoms with van der Waals surface area (Å²) in [5.74, 6) is -0.483. The SMILES string of the molecule is COC(=O)c1cc(F)ccc1N/C(=C\C(C)=N)C/C(C=N)=C/NCC1CC1. The van der Waals surface area contributed by atoms with Gasteiger partial charge in [-0.15, -0.1) is 0 Å². The Morgan fingerprint density at radius 3 is 2.74 bits per heavy atom. The van der Waals surface area contributed by atoms with Gasteiger partial charge in [0, 0.05) is 36.8 Å². The van der Waals surface area contributed by atoms with Gasteiger partial charge in [0.05, 0.1) is 18.4 Å². The lowest BCUT2D eigenvalue weighted by Gasteiger charge is -2.15. The summed E-state index contributed by atoms with van der Waals surface area (Å²) in [5, 5.41) is 21.7. The number of carbonyl (C=O) groups is 1. The molecule has 6 nitrogen and oxygen atoms in total. The Hall–Kier alpha value is -2.96. The van der Waals surface area contributed by atoms with Crippen molar-refractivity contribution in [3.05, 3.63) is 53.1 Å². The molecule has 0 saturated heterocycles. The molecule has 0 bridgehead atoms. The molecular weight excluding hydrogens is 347 g/mol. The number of methoxy groups -OCH3 is 1. The molecule has 2 rings (SSSR count). The molecule has 1 aliphatic carbocycles. The molecule has 1 aromatic carbocycles. The van der Waals surface area contributed by atoms with Crippen LogP contribution in [0.25, 0.3) is 0 Å². The molecule has 7 heteroatoms. The maximum Gasteiger partial charge on any atom is 0.340 e. The highest BCUT2D eigenvalue weighted by Gasteiger charge is 2.20. The van der Waals surface area contributed by atoms with Crippen molar-refractivity contribution in [3.63, 3.8) is 0 Å². The van der Waals surface area contributed by atoms with Gasteiger partial charge in [-0.25, -0.2) is 9.18 Å². The second-order valence-electron chi connectivity index (χ2n) is 6.55. The molecule has 1 fully saturated rings. The molecule has 0 aliphatic heterocycles. The fraction of sp³-hybridized carbons (Fsp3) is 0.350. The first kappa shape index (κ1) is 20.4. The van der Waals surface area contributed by atoms with Gasteiger partial charge in [-0.2, -0.15) is 0 Å². The number of benzene rings is 1. The highest BCUT2D eigenvalue weighted by Crippen LogP contribution is 2.27. The van der Waals surface area contributed by atoms with Crippen LogP contribution in [0.1, 0.15) is 36.5 Å². The van der Waals surface area contributed by atoms with E-state index >= 15 is 0 Å². The van der Waals surface area contributed by atoms with E-state index in [-0.39, 0.29) is 5.56 Å². The molecule has 1 aromatic rings. The minimum Gasteiger partial charge on any atom is -0.465 e. The summed E-state index contributed by atoms with van der Waals surface area (Å²) in [6.45, 7) is 2.52. The maximum atomic E-state index is 13.5. The van der Waals surface area contributed by atoms with Crippen LogP contribution in [0.3, 0.4) is 0 Å². The van der Waals surface area contributed by atoms with Crippen LogP contribution in [0.4, 0.5) is 10.1 Å². The predicted molar refractivity (Wildman–Crippen MR) is 105 cm³/mol. The Morgan fingerprint density at radius 1 is 1.41 bits per heavy atom. The van der Waals surface area contributed by atoms with E-state index < -0.39 is 11.8 Å². The lowest BCUT2D eigenvalue weighted by Crippen LogP contribution is -2.13. The Labute approximate surface area is 158 Å². The summed E-state index contributed by atoms with van der Waals surface area (Å²) in [5.41, 5.74) is 2.10. The second-order valence-corrected chi connectivity index (χ2v) is 6.55. The highest BCUT2D eigenvalue weighted by molar-refractivity contribution is 5.96. The Morgan fingerprint density at radius 2 is 2.15 bits per heavy atom. The number of anilines is 1. The largest absolute Gasteiger partial charge is 0.465 e. The van der Waals surface area contributed by atoms with Crippen molar-refractivity contribution < 1.29 is 13.9 Å². The number of halogens is 1. The third-order valence-corrected chi connectivity index (χ3v) is 4.04. The van der Waals surface area contributed by atoms with Crippen LogP contribution in [-0.4, -0.2) is 31.6 Å². The fourth-order valence-electron chi connectivity index (χ4n) is 2.51. The van der Waals surface area contributed by atoms with Crippen molar-refractivity contribution in [3.8, 4) is 0 Å². The topological polar surface area (TPSA) is 98.1 Å². The van der Waals surface area contributed by atoms with Gasteiger partial charge in [-0.1, -0.05) is 0 Å². The monoisotopic (exact) mass is 372 g/mol. The van der Waals surface area contributed by atoms with Crippen molar-refractivity contribution in [2.45, 2.75) is 26.2 Å². The molecule has 0 unspecified atom stereocenters. The van der Waals surface area contributed by atoms with E-state index in [0.717, 1.165) is 18.2 Å².